The van der Waals surface area contributed by atoms with Gasteiger partial charge in [-0.2, -0.15) is 0 Å². The number of carbonyl (C=O) groups excluding carboxylic acids is 1. The lowest BCUT2D eigenvalue weighted by Crippen LogP contribution is -2.14. The Morgan fingerprint density at radius 1 is 1.23 bits per heavy atom. The molecular formula is C19H19N3O3S. The highest BCUT2D eigenvalue weighted by molar-refractivity contribution is 7.15. The Labute approximate surface area is 155 Å². The molecule has 6 nitrogen and oxygen atoms in total. The van der Waals surface area contributed by atoms with Crippen LogP contribution < -0.4 is 10.1 Å². The van der Waals surface area contributed by atoms with Gasteiger partial charge in [-0.3, -0.25) is 15.1 Å². The number of anilines is 1. The molecule has 7 heteroatoms. The second-order valence-corrected chi connectivity index (χ2v) is 7.21. The molecule has 3 rings (SSSR count). The van der Waals surface area contributed by atoms with Gasteiger partial charge in [0.2, 0.25) is 0 Å². The van der Waals surface area contributed by atoms with Crippen molar-refractivity contribution in [2.24, 2.45) is 0 Å². The monoisotopic (exact) mass is 369 g/mol. The second kappa shape index (κ2) is 7.63. The van der Waals surface area contributed by atoms with Crippen molar-refractivity contribution in [2.45, 2.75) is 26.1 Å². The molecule has 0 aliphatic heterocycles. The van der Waals surface area contributed by atoms with Crippen molar-refractivity contribution in [2.75, 3.05) is 5.32 Å². The zero-order valence-corrected chi connectivity index (χ0v) is 15.3. The molecule has 2 aromatic heterocycles. The van der Waals surface area contributed by atoms with Gasteiger partial charge < -0.3 is 9.84 Å². The van der Waals surface area contributed by atoms with Crippen molar-refractivity contribution in [3.05, 3.63) is 71.0 Å². The molecule has 134 valence electrons. The van der Waals surface area contributed by atoms with Crippen LogP contribution in [0.5, 0.6) is 5.75 Å². The molecule has 1 aromatic carbocycles. The number of amides is 1. The predicted octanol–water partition coefficient (Wildman–Crippen LogP) is 3.60. The van der Waals surface area contributed by atoms with Gasteiger partial charge >= 0.3 is 0 Å². The van der Waals surface area contributed by atoms with E-state index in [1.54, 1.807) is 50.6 Å². The Morgan fingerprint density at radius 2 is 1.96 bits per heavy atom. The van der Waals surface area contributed by atoms with Crippen LogP contribution in [0.25, 0.3) is 0 Å². The largest absolute Gasteiger partial charge is 0.488 e. The summed E-state index contributed by atoms with van der Waals surface area (Å²) in [4.78, 5) is 21.4. The molecule has 2 heterocycles. The fraction of sp³-hybridized carbons (Fsp3) is 0.211. The summed E-state index contributed by atoms with van der Waals surface area (Å²) in [7, 11) is 0. The second-order valence-electron chi connectivity index (χ2n) is 6.18. The number of hydrogen-bond donors (Lipinski definition) is 2. The number of benzene rings is 1. The maximum Gasteiger partial charge on any atom is 0.261 e. The topological polar surface area (TPSA) is 84.3 Å². The first-order valence-corrected chi connectivity index (χ1v) is 8.86. The van der Waals surface area contributed by atoms with E-state index >= 15 is 0 Å². The summed E-state index contributed by atoms with van der Waals surface area (Å²) in [6.07, 6.45) is 4.95. The summed E-state index contributed by atoms with van der Waals surface area (Å²) in [5.74, 6) is 0.174. The van der Waals surface area contributed by atoms with Gasteiger partial charge in [0, 0.05) is 18.6 Å². The molecule has 2 N–H and O–H groups in total. The molecule has 0 saturated carbocycles. The van der Waals surface area contributed by atoms with Crippen LogP contribution in [-0.4, -0.2) is 21.0 Å². The predicted molar refractivity (Wildman–Crippen MR) is 100 cm³/mol. The van der Waals surface area contributed by atoms with Crippen molar-refractivity contribution in [1.29, 1.82) is 0 Å². The van der Waals surface area contributed by atoms with Crippen molar-refractivity contribution < 1.29 is 14.6 Å². The van der Waals surface area contributed by atoms with Crippen LogP contribution in [0.2, 0.25) is 0 Å². The summed E-state index contributed by atoms with van der Waals surface area (Å²) in [6.45, 7) is 3.69. The van der Waals surface area contributed by atoms with E-state index in [0.717, 1.165) is 5.56 Å². The first-order valence-electron chi connectivity index (χ1n) is 8.04. The Hall–Kier alpha value is -2.77. The van der Waals surface area contributed by atoms with E-state index in [1.165, 1.54) is 11.3 Å². The van der Waals surface area contributed by atoms with Gasteiger partial charge in [0.15, 0.2) is 5.13 Å². The summed E-state index contributed by atoms with van der Waals surface area (Å²) in [5.41, 5.74) is 0.387. The third kappa shape index (κ3) is 4.44. The molecule has 0 saturated heterocycles. The highest BCUT2D eigenvalue weighted by atomic mass is 32.1. The maximum atomic E-state index is 12.6. The average molecular weight is 369 g/mol. The Balaban J connectivity index is 1.72. The van der Waals surface area contributed by atoms with Crippen LogP contribution in [0, 0.1) is 0 Å². The number of rotatable bonds is 6. The van der Waals surface area contributed by atoms with E-state index in [2.05, 4.69) is 15.3 Å². The first-order chi connectivity index (χ1) is 12.4. The smallest absolute Gasteiger partial charge is 0.261 e. The van der Waals surface area contributed by atoms with Crippen LogP contribution in [-0.2, 0) is 12.2 Å². The van der Waals surface area contributed by atoms with Gasteiger partial charge in [-0.1, -0.05) is 23.5 Å². The van der Waals surface area contributed by atoms with Gasteiger partial charge in [-0.25, -0.2) is 4.98 Å². The molecule has 0 unspecified atom stereocenters. The number of carbonyl (C=O) groups is 1. The molecule has 0 aliphatic carbocycles. The maximum absolute atomic E-state index is 12.6. The molecule has 0 atom stereocenters. The lowest BCUT2D eigenvalue weighted by molar-refractivity contribution is 0.0823. The van der Waals surface area contributed by atoms with E-state index in [9.17, 15) is 9.90 Å². The highest BCUT2D eigenvalue weighted by Gasteiger charge is 2.21. The normalized spacial score (nSPS) is 11.2. The van der Waals surface area contributed by atoms with E-state index in [4.69, 9.17) is 4.74 Å². The fourth-order valence-electron chi connectivity index (χ4n) is 2.20. The SMILES string of the molecule is CC(C)(O)c1cnc(NC(=O)c2ccccc2OCc2ccncc2)s1. The van der Waals surface area contributed by atoms with Crippen LogP contribution in [0.4, 0.5) is 5.13 Å². The average Bonchev–Trinajstić information content (AvgIpc) is 3.10. The standard InChI is InChI=1S/C19H19N3O3S/c1-19(2,24)16-11-21-18(26-16)22-17(23)14-5-3-4-6-15(14)25-12-13-7-9-20-10-8-13/h3-11,24H,12H2,1-2H3,(H,21,22,23). The van der Waals surface area contributed by atoms with Crippen LogP contribution in [0.3, 0.4) is 0 Å². The molecule has 3 aromatic rings. The number of nitrogens with one attached hydrogen (secondary N) is 1. The third-order valence-electron chi connectivity index (χ3n) is 3.60. The van der Waals surface area contributed by atoms with Crippen LogP contribution in [0.15, 0.2) is 55.0 Å². The van der Waals surface area contributed by atoms with Crippen molar-refractivity contribution >= 4 is 22.4 Å². The Morgan fingerprint density at radius 3 is 2.65 bits per heavy atom. The third-order valence-corrected chi connectivity index (χ3v) is 4.83. The fourth-order valence-corrected chi connectivity index (χ4v) is 3.01. The molecule has 0 spiro atoms. The van der Waals surface area contributed by atoms with E-state index in [-0.39, 0.29) is 5.91 Å². The van der Waals surface area contributed by atoms with Crippen LogP contribution in [0.1, 0.15) is 34.6 Å². The number of thiazole rings is 1. The van der Waals surface area contributed by atoms with Gasteiger partial charge in [-0.05, 0) is 43.7 Å². The Kier molecular flexibility index (Phi) is 5.29. The van der Waals surface area contributed by atoms with Crippen molar-refractivity contribution in [1.82, 2.24) is 9.97 Å². The van der Waals surface area contributed by atoms with Gasteiger partial charge in [0.25, 0.3) is 5.91 Å². The lowest BCUT2D eigenvalue weighted by atomic mass is 10.1. The molecule has 0 radical (unpaired) electrons. The van der Waals surface area contributed by atoms with E-state index in [1.807, 2.05) is 18.2 Å². The molecule has 0 fully saturated rings. The van der Waals surface area contributed by atoms with E-state index < -0.39 is 5.60 Å². The zero-order valence-electron chi connectivity index (χ0n) is 14.5. The van der Waals surface area contributed by atoms with Gasteiger partial charge in [-0.15, -0.1) is 0 Å². The minimum atomic E-state index is -0.994. The number of aliphatic hydroxyl groups is 1. The number of aromatic nitrogens is 2. The van der Waals surface area contributed by atoms with E-state index in [0.29, 0.717) is 27.9 Å². The molecule has 1 amide bonds. The van der Waals surface area contributed by atoms with Crippen molar-refractivity contribution in [3.63, 3.8) is 0 Å². The summed E-state index contributed by atoms with van der Waals surface area (Å²) < 4.78 is 5.80. The number of ether oxygens (including phenoxy) is 1. The van der Waals surface area contributed by atoms with Crippen LogP contribution >= 0.6 is 11.3 Å². The minimum Gasteiger partial charge on any atom is -0.488 e. The molecule has 0 aliphatic rings. The highest BCUT2D eigenvalue weighted by Crippen LogP contribution is 2.29. The number of hydrogen-bond acceptors (Lipinski definition) is 6. The lowest BCUT2D eigenvalue weighted by Gasteiger charge is -2.13. The first kappa shape index (κ1) is 18.0. The van der Waals surface area contributed by atoms with Gasteiger partial charge in [0.1, 0.15) is 12.4 Å². The zero-order chi connectivity index (χ0) is 18.6. The summed E-state index contributed by atoms with van der Waals surface area (Å²) in [5, 5.41) is 13.2. The number of para-hydroxylation sites is 1. The molecule has 26 heavy (non-hydrogen) atoms. The number of nitrogens with zero attached hydrogens (tertiary/aromatic N) is 2. The Bertz CT molecular complexity index is 888. The number of pyridine rings is 1. The van der Waals surface area contributed by atoms with Gasteiger partial charge in [0.05, 0.1) is 16.0 Å². The quantitative estimate of drug-likeness (QED) is 0.694. The molecular weight excluding hydrogens is 350 g/mol. The molecule has 0 bridgehead atoms. The van der Waals surface area contributed by atoms with Crippen molar-refractivity contribution in [3.8, 4) is 5.75 Å². The summed E-state index contributed by atoms with van der Waals surface area (Å²) >= 11 is 1.24. The summed E-state index contributed by atoms with van der Waals surface area (Å²) in [6, 6.07) is 10.8. The minimum absolute atomic E-state index is 0.313.